The summed E-state index contributed by atoms with van der Waals surface area (Å²) in [4.78, 5) is 10.5. The zero-order valence-corrected chi connectivity index (χ0v) is 19.9. The molecule has 0 unspecified atom stereocenters. The Hall–Kier alpha value is -0.376. The third kappa shape index (κ3) is 4.14. The van der Waals surface area contributed by atoms with Gasteiger partial charge in [0.25, 0.3) is 0 Å². The number of hydrogen-bond donors (Lipinski definition) is 0. The summed E-state index contributed by atoms with van der Waals surface area (Å²) in [6, 6.07) is 11.1. The number of para-hydroxylation sites is 1. The number of nitrogens with zero attached hydrogens (tertiary/aromatic N) is 1. The predicted molar refractivity (Wildman–Crippen MR) is 116 cm³/mol. The van der Waals surface area contributed by atoms with E-state index in [2.05, 4.69) is 64.0 Å². The van der Waals surface area contributed by atoms with Crippen LogP contribution in [-0.4, -0.2) is 32.1 Å². The fourth-order valence-electron chi connectivity index (χ4n) is 5.64. The summed E-state index contributed by atoms with van der Waals surface area (Å²) in [6.07, 6.45) is 10.1. The van der Waals surface area contributed by atoms with Gasteiger partial charge in [-0.2, -0.15) is 0 Å². The number of fused-ring (bicyclic) bond motifs is 3. The molecule has 1 aromatic rings. The van der Waals surface area contributed by atoms with Crippen molar-refractivity contribution in [3.05, 3.63) is 39.5 Å². The van der Waals surface area contributed by atoms with Crippen molar-refractivity contribution in [1.29, 1.82) is 0 Å². The van der Waals surface area contributed by atoms with E-state index >= 15 is 0 Å². The van der Waals surface area contributed by atoms with E-state index in [1.54, 1.807) is 0 Å². The number of benzene rings is 1. The summed E-state index contributed by atoms with van der Waals surface area (Å²) in [7, 11) is 2.35. The Labute approximate surface area is 160 Å². The molecule has 2 aliphatic rings. The third-order valence-corrected chi connectivity index (χ3v) is 12.4. The quantitative estimate of drug-likeness (QED) is 0.470. The van der Waals surface area contributed by atoms with E-state index in [9.17, 15) is 0 Å². The molecule has 1 nitrogen and oxygen atoms in total. The average Bonchev–Trinajstić information content (AvgIpc) is 2.82. The first-order valence-corrected chi connectivity index (χ1v) is 20.5. The standard InChI is InChI=1S/C19H27BN.3CH3.Sn/c1-3-20-17-11-7-9-16(10-8-12-17)19(20)15-21(2)18-13-5-4-6-14-18;;;;/h4-6,13-14,16-17H,3,7-12H2,1-2H3;3*1H3;. The van der Waals surface area contributed by atoms with Crippen molar-refractivity contribution in [2.75, 3.05) is 11.9 Å². The maximum atomic E-state index is 2.62. The first-order chi connectivity index (χ1) is 11.9. The van der Waals surface area contributed by atoms with Crippen molar-refractivity contribution in [3.8, 4) is 0 Å². The van der Waals surface area contributed by atoms with Gasteiger partial charge in [-0.05, 0) is 0 Å². The first-order valence-electron chi connectivity index (χ1n) is 10.5. The van der Waals surface area contributed by atoms with Crippen LogP contribution < -0.4 is 4.90 Å². The van der Waals surface area contributed by atoms with Gasteiger partial charge >= 0.3 is 161 Å². The van der Waals surface area contributed by atoms with Gasteiger partial charge in [0.1, 0.15) is 0 Å². The van der Waals surface area contributed by atoms with E-state index < -0.39 is 18.4 Å². The molecule has 2 heterocycles. The third-order valence-electron chi connectivity index (χ3n) is 6.57. The summed E-state index contributed by atoms with van der Waals surface area (Å²) in [6.45, 7) is 3.29. The molecule has 25 heavy (non-hydrogen) atoms. The minimum atomic E-state index is -2.29. The second-order valence-corrected chi connectivity index (χ2v) is 23.5. The van der Waals surface area contributed by atoms with Gasteiger partial charge in [0.15, 0.2) is 0 Å². The summed E-state index contributed by atoms with van der Waals surface area (Å²) < 4.78 is 1.81. The van der Waals surface area contributed by atoms with Gasteiger partial charge in [-0.3, -0.25) is 0 Å². The second kappa shape index (κ2) is 8.11. The average molecular weight is 444 g/mol. The molecule has 2 bridgehead atoms. The number of rotatable bonds is 4. The van der Waals surface area contributed by atoms with Crippen LogP contribution in [0.2, 0.25) is 27.0 Å². The molecule has 0 N–H and O–H groups in total. The maximum absolute atomic E-state index is 2.62. The topological polar surface area (TPSA) is 3.24 Å². The minimum absolute atomic E-state index is 0.840. The van der Waals surface area contributed by atoms with Gasteiger partial charge in [-0.15, -0.1) is 0 Å². The van der Waals surface area contributed by atoms with Gasteiger partial charge < -0.3 is 0 Å². The molecule has 3 rings (SSSR count). The van der Waals surface area contributed by atoms with E-state index in [0.29, 0.717) is 0 Å². The fraction of sp³-hybridized carbons (Fsp3) is 0.636. The van der Waals surface area contributed by atoms with Crippen LogP contribution in [0.5, 0.6) is 0 Å². The number of hydrogen-bond acceptors (Lipinski definition) is 1. The first kappa shape index (κ1) is 19.4. The van der Waals surface area contributed by atoms with E-state index in [-0.39, 0.29) is 0 Å². The second-order valence-electron chi connectivity index (χ2n) is 9.28. The van der Waals surface area contributed by atoms with Crippen molar-refractivity contribution in [2.45, 2.75) is 72.4 Å². The van der Waals surface area contributed by atoms with Crippen molar-refractivity contribution in [2.24, 2.45) is 5.92 Å². The molecule has 0 radical (unpaired) electrons. The number of anilines is 1. The van der Waals surface area contributed by atoms with Crippen LogP contribution >= 0.6 is 0 Å². The summed E-state index contributed by atoms with van der Waals surface area (Å²) in [5.74, 6) is 1.80. The monoisotopic (exact) mass is 445 g/mol. The summed E-state index contributed by atoms with van der Waals surface area (Å²) >= 11 is -2.29. The fourth-order valence-corrected chi connectivity index (χ4v) is 12.5. The molecule has 1 aromatic carbocycles. The van der Waals surface area contributed by atoms with Crippen molar-refractivity contribution in [1.82, 2.24) is 0 Å². The Morgan fingerprint density at radius 2 is 1.64 bits per heavy atom. The summed E-state index contributed by atoms with van der Waals surface area (Å²) in [5.41, 5.74) is 3.29. The van der Waals surface area contributed by atoms with E-state index in [1.807, 2.05) is 9.19 Å². The molecule has 136 valence electrons. The normalized spacial score (nSPS) is 26.2. The van der Waals surface area contributed by atoms with Crippen LogP contribution in [-0.2, 0) is 0 Å². The van der Waals surface area contributed by atoms with Gasteiger partial charge in [-0.25, -0.2) is 0 Å². The van der Waals surface area contributed by atoms with Crippen LogP contribution in [0.15, 0.2) is 39.5 Å². The summed E-state index contributed by atoms with van der Waals surface area (Å²) in [5, 5.41) is 0. The molecular weight excluding hydrogens is 408 g/mol. The number of allylic oxidation sites excluding steroid dienone is 1. The van der Waals surface area contributed by atoms with Crippen molar-refractivity contribution >= 4 is 30.8 Å². The van der Waals surface area contributed by atoms with Crippen LogP contribution in [0, 0.1) is 5.92 Å². The molecule has 2 saturated heterocycles. The Morgan fingerprint density at radius 1 is 1.04 bits per heavy atom. The van der Waals surface area contributed by atoms with Crippen LogP contribution in [0.1, 0.15) is 45.4 Å². The predicted octanol–water partition coefficient (Wildman–Crippen LogP) is 6.66. The molecule has 2 aliphatic heterocycles. The van der Waals surface area contributed by atoms with Gasteiger partial charge in [0, 0.05) is 0 Å². The van der Waals surface area contributed by atoms with Gasteiger partial charge in [-0.1, -0.05) is 0 Å². The zero-order valence-electron chi connectivity index (χ0n) is 17.0. The van der Waals surface area contributed by atoms with Gasteiger partial charge in [0.05, 0.1) is 0 Å². The SMILES string of the molecule is CCB1/C(=[C](/N(C)c2ccccc2)[Sn]([CH3])([CH3])[CH3])C2CCCC1CCC2. The van der Waals surface area contributed by atoms with Gasteiger partial charge in [0.2, 0.25) is 0 Å². The molecule has 0 spiro atoms. The molecule has 3 heteroatoms. The Kier molecular flexibility index (Phi) is 6.29. The molecule has 2 fully saturated rings. The van der Waals surface area contributed by atoms with Crippen LogP contribution in [0.4, 0.5) is 5.69 Å². The molecular formula is C22H36BNSn. The van der Waals surface area contributed by atoms with E-state index in [4.69, 9.17) is 0 Å². The van der Waals surface area contributed by atoms with Crippen LogP contribution in [0.25, 0.3) is 0 Å². The molecule has 0 aromatic heterocycles. The molecule has 0 amide bonds. The van der Waals surface area contributed by atoms with E-state index in [0.717, 1.165) is 18.4 Å². The van der Waals surface area contributed by atoms with Crippen LogP contribution in [0.3, 0.4) is 0 Å². The van der Waals surface area contributed by atoms with Crippen molar-refractivity contribution in [3.63, 3.8) is 0 Å². The molecule has 0 atom stereocenters. The molecule has 0 saturated carbocycles. The van der Waals surface area contributed by atoms with E-state index in [1.165, 1.54) is 50.5 Å². The Bertz CT molecular complexity index is 594. The molecule has 0 aliphatic carbocycles. The van der Waals surface area contributed by atoms with Crippen molar-refractivity contribution < 1.29 is 0 Å². The Morgan fingerprint density at radius 3 is 2.16 bits per heavy atom. The Balaban J connectivity index is 2.17. The zero-order chi connectivity index (χ0) is 18.0.